The third-order valence-electron chi connectivity index (χ3n) is 3.47. The van der Waals surface area contributed by atoms with Gasteiger partial charge in [-0.1, -0.05) is 24.8 Å². The number of rotatable bonds is 7. The first-order valence-corrected chi connectivity index (χ1v) is 7.03. The van der Waals surface area contributed by atoms with E-state index in [4.69, 9.17) is 10.8 Å². The zero-order chi connectivity index (χ0) is 15.2. The molecule has 0 spiro atoms. The number of amides is 1. The monoisotopic (exact) mass is 287 g/mol. The molecule has 1 amide bonds. The van der Waals surface area contributed by atoms with Gasteiger partial charge in [0, 0.05) is 23.6 Å². The van der Waals surface area contributed by atoms with E-state index >= 15 is 0 Å². The minimum absolute atomic E-state index is 0.0138. The summed E-state index contributed by atoms with van der Waals surface area (Å²) in [7, 11) is 0. The van der Waals surface area contributed by atoms with Crippen LogP contribution in [0.3, 0.4) is 0 Å². The number of aromatic nitrogens is 1. The van der Waals surface area contributed by atoms with Gasteiger partial charge in [-0.3, -0.25) is 4.79 Å². The molecule has 1 aromatic heterocycles. The molecule has 2 aromatic rings. The summed E-state index contributed by atoms with van der Waals surface area (Å²) >= 11 is 0. The van der Waals surface area contributed by atoms with Crippen LogP contribution in [0.15, 0.2) is 42.8 Å². The second-order valence-corrected chi connectivity index (χ2v) is 5.13. The highest BCUT2D eigenvalue weighted by Gasteiger charge is 2.09. The second-order valence-electron chi connectivity index (χ2n) is 5.13. The lowest BCUT2D eigenvalue weighted by atomic mass is 10.1. The molecular weight excluding hydrogens is 266 g/mol. The average molecular weight is 287 g/mol. The van der Waals surface area contributed by atoms with Crippen molar-refractivity contribution >= 4 is 16.8 Å². The van der Waals surface area contributed by atoms with Crippen molar-refractivity contribution in [2.24, 2.45) is 5.73 Å². The van der Waals surface area contributed by atoms with E-state index in [1.807, 2.05) is 30.5 Å². The maximum atomic E-state index is 11.9. The average Bonchev–Trinajstić information content (AvgIpc) is 2.86. The van der Waals surface area contributed by atoms with Crippen molar-refractivity contribution in [1.82, 2.24) is 10.3 Å². The molecule has 1 aromatic carbocycles. The van der Waals surface area contributed by atoms with Gasteiger partial charge >= 0.3 is 0 Å². The lowest BCUT2D eigenvalue weighted by Crippen LogP contribution is -2.28. The van der Waals surface area contributed by atoms with E-state index in [0.29, 0.717) is 25.8 Å². The second kappa shape index (κ2) is 6.95. The van der Waals surface area contributed by atoms with Crippen LogP contribution in [0.5, 0.6) is 0 Å². The van der Waals surface area contributed by atoms with Crippen LogP contribution in [0.4, 0.5) is 0 Å². The number of carbonyl (C=O) groups is 1. The minimum Gasteiger partial charge on any atom is -0.511 e. The largest absolute Gasteiger partial charge is 0.511 e. The summed E-state index contributed by atoms with van der Waals surface area (Å²) in [5, 5.41) is 13.0. The Morgan fingerprint density at radius 1 is 1.43 bits per heavy atom. The third kappa shape index (κ3) is 4.10. The summed E-state index contributed by atoms with van der Waals surface area (Å²) in [5.41, 5.74) is 7.66. The lowest BCUT2D eigenvalue weighted by Gasteiger charge is -2.10. The number of hydrogen-bond donors (Lipinski definition) is 4. The van der Waals surface area contributed by atoms with Gasteiger partial charge in [0.05, 0.1) is 12.5 Å². The fourth-order valence-corrected chi connectivity index (χ4v) is 2.23. The van der Waals surface area contributed by atoms with Crippen LogP contribution in [0.25, 0.3) is 10.9 Å². The molecule has 5 N–H and O–H groups in total. The number of benzene rings is 1. The molecule has 0 aliphatic heterocycles. The van der Waals surface area contributed by atoms with Gasteiger partial charge in [0.2, 0.25) is 5.91 Å². The predicted molar refractivity (Wildman–Crippen MR) is 84.0 cm³/mol. The summed E-state index contributed by atoms with van der Waals surface area (Å²) in [4.78, 5) is 15.1. The van der Waals surface area contributed by atoms with E-state index in [1.54, 1.807) is 0 Å². The highest BCUT2D eigenvalue weighted by atomic mass is 16.3. The quantitative estimate of drug-likeness (QED) is 0.464. The van der Waals surface area contributed by atoms with E-state index < -0.39 is 6.04 Å². The molecule has 2 rings (SSSR count). The number of nitrogens with two attached hydrogens (primary N) is 1. The van der Waals surface area contributed by atoms with Gasteiger partial charge in [0.15, 0.2) is 0 Å². The molecule has 5 nitrogen and oxygen atoms in total. The van der Waals surface area contributed by atoms with Crippen molar-refractivity contribution in [2.75, 3.05) is 6.54 Å². The highest BCUT2D eigenvalue weighted by Crippen LogP contribution is 2.17. The molecule has 1 unspecified atom stereocenters. The Bertz CT molecular complexity index is 633. The van der Waals surface area contributed by atoms with Crippen molar-refractivity contribution in [1.29, 1.82) is 0 Å². The summed E-state index contributed by atoms with van der Waals surface area (Å²) in [5.74, 6) is -0.0312. The Kier molecular flexibility index (Phi) is 5.00. The fraction of sp³-hybridized carbons (Fsp3) is 0.312. The topological polar surface area (TPSA) is 91.1 Å². The molecule has 0 aliphatic rings. The number of fused-ring (bicyclic) bond motifs is 1. The number of para-hydroxylation sites is 1. The van der Waals surface area contributed by atoms with E-state index in [9.17, 15) is 4.79 Å². The van der Waals surface area contributed by atoms with Gasteiger partial charge in [-0.05, 0) is 24.5 Å². The molecular formula is C16H21N3O2. The summed E-state index contributed by atoms with van der Waals surface area (Å²) in [6, 6.07) is 7.48. The molecule has 0 aliphatic carbocycles. The normalized spacial score (nSPS) is 12.2. The number of carbonyl (C=O) groups excluding carboxylic acids is 1. The van der Waals surface area contributed by atoms with Crippen LogP contribution in [0, 0.1) is 0 Å². The van der Waals surface area contributed by atoms with Crippen molar-refractivity contribution in [3.8, 4) is 0 Å². The first-order chi connectivity index (χ1) is 10.1. The van der Waals surface area contributed by atoms with Crippen LogP contribution in [0.2, 0.25) is 0 Å². The smallest absolute Gasteiger partial charge is 0.224 e. The minimum atomic E-state index is -0.421. The van der Waals surface area contributed by atoms with Gasteiger partial charge in [0.1, 0.15) is 5.76 Å². The van der Waals surface area contributed by atoms with Crippen molar-refractivity contribution in [3.63, 3.8) is 0 Å². The number of aromatic amines is 1. The van der Waals surface area contributed by atoms with E-state index in [0.717, 1.165) is 16.5 Å². The number of aliphatic hydroxyl groups excluding tert-OH is 1. The Balaban J connectivity index is 1.78. The van der Waals surface area contributed by atoms with Gasteiger partial charge < -0.3 is 21.1 Å². The molecule has 5 heteroatoms. The molecule has 0 saturated carbocycles. The van der Waals surface area contributed by atoms with Crippen molar-refractivity contribution in [3.05, 3.63) is 48.4 Å². The van der Waals surface area contributed by atoms with Crippen LogP contribution in [0.1, 0.15) is 18.4 Å². The van der Waals surface area contributed by atoms with Crippen molar-refractivity contribution < 1.29 is 9.90 Å². The van der Waals surface area contributed by atoms with Gasteiger partial charge in [-0.15, -0.1) is 0 Å². The summed E-state index contributed by atoms with van der Waals surface area (Å²) in [6.45, 7) is 3.93. The number of H-pyrrole nitrogens is 1. The van der Waals surface area contributed by atoms with Crippen LogP contribution >= 0.6 is 0 Å². The first kappa shape index (κ1) is 15.1. The number of aliphatic hydroxyl groups is 1. The van der Waals surface area contributed by atoms with Crippen molar-refractivity contribution in [2.45, 2.75) is 25.3 Å². The molecule has 0 bridgehead atoms. The summed E-state index contributed by atoms with van der Waals surface area (Å²) < 4.78 is 0. The van der Waals surface area contributed by atoms with Gasteiger partial charge in [-0.2, -0.15) is 0 Å². The predicted octanol–water partition coefficient (Wildman–Crippen LogP) is 2.01. The van der Waals surface area contributed by atoms with E-state index in [1.165, 1.54) is 0 Å². The maximum absolute atomic E-state index is 11.9. The molecule has 0 saturated heterocycles. The zero-order valence-corrected chi connectivity index (χ0v) is 11.9. The third-order valence-corrected chi connectivity index (χ3v) is 3.47. The standard InChI is InChI=1S/C16H21N3O2/c1-11(20)14(17)6-4-8-18-16(21)9-12-10-19-15-7-3-2-5-13(12)15/h2-3,5,7,10,14,19-20H,1,4,6,8-9,17H2,(H,18,21). The van der Waals surface area contributed by atoms with Crippen LogP contribution < -0.4 is 11.1 Å². The van der Waals surface area contributed by atoms with E-state index in [-0.39, 0.29) is 11.7 Å². The lowest BCUT2D eigenvalue weighted by molar-refractivity contribution is -0.120. The molecule has 1 atom stereocenters. The molecule has 0 fully saturated rings. The molecule has 112 valence electrons. The maximum Gasteiger partial charge on any atom is 0.224 e. The Labute approximate surface area is 123 Å². The van der Waals surface area contributed by atoms with Crippen LogP contribution in [-0.4, -0.2) is 28.6 Å². The first-order valence-electron chi connectivity index (χ1n) is 7.03. The zero-order valence-electron chi connectivity index (χ0n) is 11.9. The SMILES string of the molecule is C=C(O)C(N)CCCNC(=O)Cc1c[nH]c2ccccc12. The summed E-state index contributed by atoms with van der Waals surface area (Å²) in [6.07, 6.45) is 3.53. The van der Waals surface area contributed by atoms with Gasteiger partial charge in [0.25, 0.3) is 0 Å². The Hall–Kier alpha value is -2.27. The number of nitrogens with one attached hydrogen (secondary N) is 2. The molecule has 0 radical (unpaired) electrons. The Morgan fingerprint density at radius 2 is 2.19 bits per heavy atom. The van der Waals surface area contributed by atoms with Crippen LogP contribution in [-0.2, 0) is 11.2 Å². The highest BCUT2D eigenvalue weighted by molar-refractivity contribution is 5.88. The fourth-order valence-electron chi connectivity index (χ4n) is 2.23. The number of hydrogen-bond acceptors (Lipinski definition) is 3. The molecule has 21 heavy (non-hydrogen) atoms. The Morgan fingerprint density at radius 3 is 2.95 bits per heavy atom. The van der Waals surface area contributed by atoms with E-state index in [2.05, 4.69) is 16.9 Å². The van der Waals surface area contributed by atoms with Gasteiger partial charge in [-0.25, -0.2) is 0 Å². The molecule has 1 heterocycles.